The quantitative estimate of drug-likeness (QED) is 0.600. The van der Waals surface area contributed by atoms with Crippen LogP contribution in [-0.4, -0.2) is 29.8 Å². The van der Waals surface area contributed by atoms with Crippen molar-refractivity contribution < 1.29 is 36.4 Å². The molecule has 0 aliphatic rings. The van der Waals surface area contributed by atoms with E-state index < -0.39 is 43.7 Å². The Bertz CT molecular complexity index is 628. The Balaban J connectivity index is 3.56. The van der Waals surface area contributed by atoms with Gasteiger partial charge >= 0.3 is 18.1 Å². The smallest absolute Gasteiger partial charge is 0.501 e. The van der Waals surface area contributed by atoms with Crippen molar-refractivity contribution in [3.63, 3.8) is 0 Å². The molecular formula is C6H4F3N3O6S. The second-order valence-electron chi connectivity index (χ2n) is 2.98. The van der Waals surface area contributed by atoms with Gasteiger partial charge in [-0.3, -0.25) is 0 Å². The lowest BCUT2D eigenvalue weighted by molar-refractivity contribution is -0.391. The summed E-state index contributed by atoms with van der Waals surface area (Å²) in [6.45, 7) is 0. The van der Waals surface area contributed by atoms with Gasteiger partial charge in [0.1, 0.15) is 0 Å². The molecule has 0 radical (unpaired) electrons. The molecule has 19 heavy (non-hydrogen) atoms. The average molecular weight is 303 g/mol. The van der Waals surface area contributed by atoms with Gasteiger partial charge < -0.3 is 20.0 Å². The van der Waals surface area contributed by atoms with Crippen molar-refractivity contribution in [1.82, 2.24) is 4.98 Å². The number of sulfonamides is 1. The molecule has 1 heterocycles. The highest BCUT2D eigenvalue weighted by Gasteiger charge is 2.38. The van der Waals surface area contributed by atoms with Crippen LogP contribution in [0.4, 0.5) is 19.0 Å². The summed E-state index contributed by atoms with van der Waals surface area (Å²) in [7, 11) is -4.74. The minimum atomic E-state index is -5.35. The molecule has 0 fully saturated rings. The number of nitrogens with two attached hydrogens (primary N) is 1. The Morgan fingerprint density at radius 2 is 2.00 bits per heavy atom. The summed E-state index contributed by atoms with van der Waals surface area (Å²) >= 11 is 0. The first-order chi connectivity index (χ1) is 8.42. The van der Waals surface area contributed by atoms with Crippen LogP contribution >= 0.6 is 0 Å². The molecule has 0 atom stereocenters. The van der Waals surface area contributed by atoms with E-state index in [1.165, 1.54) is 0 Å². The largest absolute Gasteiger partial charge is 0.575 e. The number of hydrogen-bond acceptors (Lipinski definition) is 7. The maximum atomic E-state index is 12.0. The number of aromatic hydroxyl groups is 1. The van der Waals surface area contributed by atoms with Crippen molar-refractivity contribution in [3.05, 3.63) is 16.2 Å². The number of alkyl halides is 3. The predicted molar refractivity (Wildman–Crippen MR) is 50.6 cm³/mol. The maximum absolute atomic E-state index is 12.0. The summed E-state index contributed by atoms with van der Waals surface area (Å²) in [6, 6.07) is 0.140. The van der Waals surface area contributed by atoms with Crippen molar-refractivity contribution >= 4 is 15.8 Å². The fourth-order valence-electron chi connectivity index (χ4n) is 0.980. The molecule has 1 aromatic rings. The van der Waals surface area contributed by atoms with Gasteiger partial charge in [-0.1, -0.05) is 0 Å². The fraction of sp³-hybridized carbons (Fsp3) is 0.167. The average Bonchev–Trinajstić information content (AvgIpc) is 2.15. The number of nitro groups is 1. The Morgan fingerprint density at radius 3 is 2.37 bits per heavy atom. The third kappa shape index (κ3) is 3.65. The summed E-state index contributed by atoms with van der Waals surface area (Å²) in [5.74, 6) is -4.34. The van der Waals surface area contributed by atoms with E-state index in [9.17, 15) is 31.7 Å². The van der Waals surface area contributed by atoms with Gasteiger partial charge in [-0.15, -0.1) is 13.2 Å². The zero-order valence-electron chi connectivity index (χ0n) is 8.58. The number of rotatable bonds is 3. The first-order valence-corrected chi connectivity index (χ1v) is 5.63. The molecule has 0 saturated carbocycles. The molecule has 9 nitrogen and oxygen atoms in total. The van der Waals surface area contributed by atoms with E-state index in [1.807, 2.05) is 0 Å². The molecule has 0 spiro atoms. The van der Waals surface area contributed by atoms with E-state index >= 15 is 0 Å². The van der Waals surface area contributed by atoms with Gasteiger partial charge in [0.05, 0.1) is 0 Å². The lowest BCUT2D eigenvalue weighted by Gasteiger charge is -2.08. The number of pyridine rings is 1. The summed E-state index contributed by atoms with van der Waals surface area (Å²) in [4.78, 5) is 10.4. The molecule has 0 amide bonds. The molecule has 3 N–H and O–H groups in total. The molecular weight excluding hydrogens is 299 g/mol. The number of hydrogen-bond donors (Lipinski definition) is 2. The van der Waals surface area contributed by atoms with Crippen LogP contribution < -0.4 is 9.88 Å². The van der Waals surface area contributed by atoms with Crippen molar-refractivity contribution in [2.24, 2.45) is 5.14 Å². The Labute approximate surface area is 102 Å². The number of ether oxygens (including phenoxy) is 1. The molecule has 0 bridgehead atoms. The monoisotopic (exact) mass is 303 g/mol. The highest BCUT2D eigenvalue weighted by Crippen LogP contribution is 2.34. The van der Waals surface area contributed by atoms with E-state index in [-0.39, 0.29) is 6.07 Å². The van der Waals surface area contributed by atoms with Crippen molar-refractivity contribution in [1.29, 1.82) is 0 Å². The molecule has 0 saturated heterocycles. The topological polar surface area (TPSA) is 146 Å². The molecule has 0 aliphatic heterocycles. The fourth-order valence-corrected chi connectivity index (χ4v) is 1.59. The normalized spacial score (nSPS) is 12.2. The van der Waals surface area contributed by atoms with E-state index in [0.29, 0.717) is 0 Å². The van der Waals surface area contributed by atoms with Crippen LogP contribution in [0.15, 0.2) is 11.0 Å². The third-order valence-corrected chi connectivity index (χ3v) is 2.51. The van der Waals surface area contributed by atoms with Gasteiger partial charge in [-0.2, -0.15) is 0 Å². The first-order valence-electron chi connectivity index (χ1n) is 4.09. The predicted octanol–water partition coefficient (Wildman–Crippen LogP) is 0.241. The lowest BCUT2D eigenvalue weighted by atomic mass is 10.4. The van der Waals surface area contributed by atoms with E-state index in [2.05, 4.69) is 14.9 Å². The summed E-state index contributed by atoms with van der Waals surface area (Å²) in [5, 5.41) is 24.0. The van der Waals surface area contributed by atoms with Crippen LogP contribution in [0.2, 0.25) is 0 Å². The van der Waals surface area contributed by atoms with E-state index in [1.54, 1.807) is 0 Å². The lowest BCUT2D eigenvalue weighted by Crippen LogP contribution is -2.22. The number of primary sulfonamides is 1. The third-order valence-electron chi connectivity index (χ3n) is 1.61. The molecule has 1 aromatic heterocycles. The van der Waals surface area contributed by atoms with Crippen LogP contribution in [0.1, 0.15) is 0 Å². The van der Waals surface area contributed by atoms with Crippen molar-refractivity contribution in [3.8, 4) is 11.6 Å². The van der Waals surface area contributed by atoms with Gasteiger partial charge in [0.25, 0.3) is 0 Å². The highest BCUT2D eigenvalue weighted by atomic mass is 32.2. The number of nitrogens with zero attached hydrogens (tertiary/aromatic N) is 2. The molecule has 13 heteroatoms. The van der Waals surface area contributed by atoms with Gasteiger partial charge in [0, 0.05) is 11.1 Å². The Hall–Kier alpha value is -2.15. The molecule has 106 valence electrons. The van der Waals surface area contributed by atoms with Crippen LogP contribution in [0, 0.1) is 10.1 Å². The van der Waals surface area contributed by atoms with E-state index in [0.717, 1.165) is 0 Å². The Morgan fingerprint density at radius 1 is 1.47 bits per heavy atom. The summed E-state index contributed by atoms with van der Waals surface area (Å²) < 4.78 is 61.2. The van der Waals surface area contributed by atoms with Crippen LogP contribution in [-0.2, 0) is 10.0 Å². The number of halogens is 3. The highest BCUT2D eigenvalue weighted by molar-refractivity contribution is 7.89. The Kier molecular flexibility index (Phi) is 3.54. The molecule has 1 rings (SSSR count). The van der Waals surface area contributed by atoms with Crippen molar-refractivity contribution in [2.45, 2.75) is 11.3 Å². The second-order valence-corrected chi connectivity index (χ2v) is 4.51. The van der Waals surface area contributed by atoms with Gasteiger partial charge in [-0.05, 0) is 4.92 Å². The van der Waals surface area contributed by atoms with Gasteiger partial charge in [0.2, 0.25) is 15.8 Å². The molecule has 0 aliphatic carbocycles. The minimum absolute atomic E-state index is 0.140. The van der Waals surface area contributed by atoms with Gasteiger partial charge in [-0.25, -0.2) is 13.6 Å². The summed E-state index contributed by atoms with van der Waals surface area (Å²) in [5.41, 5.74) is 0. The number of aromatic nitrogens is 1. The molecule has 0 unspecified atom stereocenters. The van der Waals surface area contributed by atoms with Crippen LogP contribution in [0.3, 0.4) is 0 Å². The maximum Gasteiger partial charge on any atom is 0.575 e. The molecule has 0 aromatic carbocycles. The zero-order valence-corrected chi connectivity index (χ0v) is 9.40. The van der Waals surface area contributed by atoms with Crippen molar-refractivity contribution in [2.75, 3.05) is 0 Å². The summed E-state index contributed by atoms with van der Waals surface area (Å²) in [6.07, 6.45) is -5.35. The minimum Gasteiger partial charge on any atom is -0.501 e. The standard InChI is InChI=1S/C6H4F3N3O6S/c7-6(8,9)18-5-3(19(10,16)17)1-2(13)4(11-5)12(14)15/h1,13H,(H2,10,16,17). The first kappa shape index (κ1) is 14.9. The SMILES string of the molecule is NS(=O)(=O)c1cc(O)c([N+](=O)[O-])nc1OC(F)(F)F. The van der Waals surface area contributed by atoms with Gasteiger partial charge in [0.15, 0.2) is 4.90 Å². The van der Waals surface area contributed by atoms with Crippen LogP contribution in [0.25, 0.3) is 0 Å². The van der Waals surface area contributed by atoms with Crippen LogP contribution in [0.5, 0.6) is 11.6 Å². The zero-order chi connectivity index (χ0) is 15.0. The van der Waals surface area contributed by atoms with E-state index in [4.69, 9.17) is 5.11 Å². The second kappa shape index (κ2) is 4.51.